The lowest BCUT2D eigenvalue weighted by atomic mass is 9.96. The average Bonchev–Trinajstić information content (AvgIpc) is 2.79. The number of rotatable bonds is 8. The van der Waals surface area contributed by atoms with Gasteiger partial charge in [0.2, 0.25) is 5.91 Å². The maximum absolute atomic E-state index is 12.5. The predicted octanol–water partition coefficient (Wildman–Crippen LogP) is 4.31. The molecule has 0 saturated carbocycles. The Morgan fingerprint density at radius 2 is 1.50 bits per heavy atom. The van der Waals surface area contributed by atoms with Gasteiger partial charge in [-0.2, -0.15) is 0 Å². The van der Waals surface area contributed by atoms with Gasteiger partial charge in [-0.15, -0.1) is 0 Å². The van der Waals surface area contributed by atoms with Gasteiger partial charge in [0, 0.05) is 44.0 Å². The summed E-state index contributed by atoms with van der Waals surface area (Å²) in [5, 5.41) is 0.730. The van der Waals surface area contributed by atoms with Gasteiger partial charge in [0.25, 0.3) is 0 Å². The summed E-state index contributed by atoms with van der Waals surface area (Å²) in [6.45, 7) is 3.06. The third-order valence-electron chi connectivity index (χ3n) is 5.58. The number of esters is 1. The van der Waals surface area contributed by atoms with Crippen LogP contribution in [-0.2, 0) is 14.3 Å². The smallest absolute Gasteiger partial charge is 0.305 e. The highest BCUT2D eigenvalue weighted by Gasteiger charge is 2.28. The van der Waals surface area contributed by atoms with E-state index in [0.29, 0.717) is 38.8 Å². The van der Waals surface area contributed by atoms with Crippen molar-refractivity contribution in [1.82, 2.24) is 9.80 Å². The largest absolute Gasteiger partial charge is 0.469 e. The number of ether oxygens (including phenoxy) is 1. The Labute approximate surface area is 183 Å². The van der Waals surface area contributed by atoms with Crippen LogP contribution in [0.25, 0.3) is 0 Å². The Kier molecular flexibility index (Phi) is 8.29. The van der Waals surface area contributed by atoms with Crippen molar-refractivity contribution >= 4 is 23.5 Å². The maximum Gasteiger partial charge on any atom is 0.305 e. The molecule has 1 heterocycles. The molecule has 0 spiro atoms. The fraction of sp³-hybridized carbons (Fsp3) is 0.417. The Morgan fingerprint density at radius 3 is 2.13 bits per heavy atom. The van der Waals surface area contributed by atoms with E-state index in [1.165, 1.54) is 18.2 Å². The van der Waals surface area contributed by atoms with Crippen LogP contribution < -0.4 is 0 Å². The number of unbranched alkanes of at least 4 members (excludes halogenated alkanes) is 1. The summed E-state index contributed by atoms with van der Waals surface area (Å²) in [5.41, 5.74) is 2.44. The third kappa shape index (κ3) is 6.07. The van der Waals surface area contributed by atoms with E-state index in [4.69, 9.17) is 11.6 Å². The summed E-state index contributed by atoms with van der Waals surface area (Å²) in [6.07, 6.45) is 2.25. The van der Waals surface area contributed by atoms with E-state index in [1.54, 1.807) is 0 Å². The van der Waals surface area contributed by atoms with E-state index in [1.807, 2.05) is 23.1 Å². The van der Waals surface area contributed by atoms with Crippen molar-refractivity contribution in [3.8, 4) is 0 Å². The van der Waals surface area contributed by atoms with Gasteiger partial charge in [-0.05, 0) is 36.1 Å². The van der Waals surface area contributed by atoms with E-state index in [-0.39, 0.29) is 17.9 Å². The number of nitrogens with zero attached hydrogens (tertiary/aromatic N) is 2. The van der Waals surface area contributed by atoms with Crippen LogP contribution in [0.2, 0.25) is 5.02 Å². The first-order chi connectivity index (χ1) is 14.6. The molecule has 1 fully saturated rings. The van der Waals surface area contributed by atoms with Gasteiger partial charge < -0.3 is 9.64 Å². The second kappa shape index (κ2) is 11.1. The molecule has 1 saturated heterocycles. The predicted molar refractivity (Wildman–Crippen MR) is 118 cm³/mol. The van der Waals surface area contributed by atoms with Crippen molar-refractivity contribution in [1.29, 1.82) is 0 Å². The normalized spacial score (nSPS) is 15.6. The highest BCUT2D eigenvalue weighted by molar-refractivity contribution is 6.30. The molecule has 1 unspecified atom stereocenters. The lowest BCUT2D eigenvalue weighted by molar-refractivity contribution is -0.141. The second-order valence-corrected chi connectivity index (χ2v) is 8.00. The van der Waals surface area contributed by atoms with Crippen molar-refractivity contribution < 1.29 is 14.3 Å². The summed E-state index contributed by atoms with van der Waals surface area (Å²) in [4.78, 5) is 28.1. The summed E-state index contributed by atoms with van der Waals surface area (Å²) in [5.74, 6) is -0.0486. The molecule has 160 valence electrons. The number of halogens is 1. The summed E-state index contributed by atoms with van der Waals surface area (Å²) in [7, 11) is 1.39. The lowest BCUT2D eigenvalue weighted by Gasteiger charge is -2.40. The van der Waals surface area contributed by atoms with Crippen LogP contribution in [0.5, 0.6) is 0 Å². The van der Waals surface area contributed by atoms with E-state index in [2.05, 4.69) is 46.0 Å². The Hall–Kier alpha value is -2.37. The quantitative estimate of drug-likeness (QED) is 0.464. The molecule has 0 bridgehead atoms. The van der Waals surface area contributed by atoms with Gasteiger partial charge in [-0.3, -0.25) is 14.5 Å². The number of piperazine rings is 1. The van der Waals surface area contributed by atoms with Gasteiger partial charge in [0.1, 0.15) is 0 Å². The Morgan fingerprint density at radius 1 is 0.900 bits per heavy atom. The van der Waals surface area contributed by atoms with Crippen molar-refractivity contribution in [2.75, 3.05) is 33.3 Å². The molecule has 2 aromatic rings. The zero-order valence-electron chi connectivity index (χ0n) is 17.4. The fourth-order valence-electron chi connectivity index (χ4n) is 3.93. The molecular formula is C24H29ClN2O3. The molecule has 1 atom stereocenters. The molecule has 0 aliphatic carbocycles. The first kappa shape index (κ1) is 22.3. The average molecular weight is 429 g/mol. The van der Waals surface area contributed by atoms with Crippen LogP contribution >= 0.6 is 11.6 Å². The van der Waals surface area contributed by atoms with Crippen molar-refractivity contribution in [3.05, 3.63) is 70.7 Å². The minimum absolute atomic E-state index is 0.140. The molecule has 1 amide bonds. The van der Waals surface area contributed by atoms with Crippen molar-refractivity contribution in [2.45, 2.75) is 31.7 Å². The Balaban J connectivity index is 1.59. The molecule has 0 N–H and O–H groups in total. The molecule has 0 radical (unpaired) electrons. The minimum Gasteiger partial charge on any atom is -0.469 e. The summed E-state index contributed by atoms with van der Waals surface area (Å²) < 4.78 is 4.64. The zero-order valence-corrected chi connectivity index (χ0v) is 18.2. The van der Waals surface area contributed by atoms with Gasteiger partial charge in [-0.1, -0.05) is 54.1 Å². The van der Waals surface area contributed by atoms with Gasteiger partial charge in [0.05, 0.1) is 13.2 Å². The standard InChI is InChI=1S/C24H29ClN2O3/c1-30-23(29)10-6-5-9-22(28)26-15-17-27(18-16-26)24(19-7-3-2-4-8-19)20-11-13-21(25)14-12-20/h2-4,7-8,11-14,24H,5-6,9-10,15-18H2,1H3. The molecule has 1 aliphatic rings. The molecule has 5 nitrogen and oxygen atoms in total. The van der Waals surface area contributed by atoms with Crippen molar-refractivity contribution in [3.63, 3.8) is 0 Å². The molecule has 6 heteroatoms. The summed E-state index contributed by atoms with van der Waals surface area (Å²) in [6, 6.07) is 18.6. The highest BCUT2D eigenvalue weighted by Crippen LogP contribution is 2.30. The van der Waals surface area contributed by atoms with E-state index in [0.717, 1.165) is 18.1 Å². The monoisotopic (exact) mass is 428 g/mol. The van der Waals surface area contributed by atoms with Crippen LogP contribution in [0.4, 0.5) is 0 Å². The summed E-state index contributed by atoms with van der Waals surface area (Å²) >= 11 is 6.10. The van der Waals surface area contributed by atoms with E-state index in [9.17, 15) is 9.59 Å². The van der Waals surface area contributed by atoms with Crippen LogP contribution in [0.1, 0.15) is 42.9 Å². The molecule has 3 rings (SSSR count). The Bertz CT molecular complexity index is 818. The van der Waals surface area contributed by atoms with Crippen LogP contribution in [0.15, 0.2) is 54.6 Å². The first-order valence-electron chi connectivity index (χ1n) is 10.5. The second-order valence-electron chi connectivity index (χ2n) is 7.56. The third-order valence-corrected chi connectivity index (χ3v) is 5.83. The van der Waals surface area contributed by atoms with Crippen LogP contribution in [0, 0.1) is 0 Å². The molecular weight excluding hydrogens is 400 g/mol. The van der Waals surface area contributed by atoms with Crippen LogP contribution in [0.3, 0.4) is 0 Å². The number of amides is 1. The molecule has 30 heavy (non-hydrogen) atoms. The van der Waals surface area contributed by atoms with Gasteiger partial charge >= 0.3 is 5.97 Å². The maximum atomic E-state index is 12.5. The number of benzene rings is 2. The van der Waals surface area contributed by atoms with Crippen LogP contribution in [-0.4, -0.2) is 55.0 Å². The SMILES string of the molecule is COC(=O)CCCCC(=O)N1CCN(C(c2ccccc2)c2ccc(Cl)cc2)CC1. The highest BCUT2D eigenvalue weighted by atomic mass is 35.5. The number of methoxy groups -OCH3 is 1. The lowest BCUT2D eigenvalue weighted by Crippen LogP contribution is -2.49. The number of hydrogen-bond donors (Lipinski definition) is 0. The van der Waals surface area contributed by atoms with Gasteiger partial charge in [0.15, 0.2) is 0 Å². The molecule has 1 aliphatic heterocycles. The zero-order chi connectivity index (χ0) is 21.3. The topological polar surface area (TPSA) is 49.9 Å². The van der Waals surface area contributed by atoms with Gasteiger partial charge in [-0.25, -0.2) is 0 Å². The number of carbonyl (C=O) groups is 2. The number of hydrogen-bond acceptors (Lipinski definition) is 4. The van der Waals surface area contributed by atoms with Crippen molar-refractivity contribution in [2.24, 2.45) is 0 Å². The van der Waals surface area contributed by atoms with E-state index >= 15 is 0 Å². The number of carbonyl (C=O) groups excluding carboxylic acids is 2. The van der Waals surface area contributed by atoms with E-state index < -0.39 is 0 Å². The minimum atomic E-state index is -0.217. The fourth-order valence-corrected chi connectivity index (χ4v) is 4.06. The first-order valence-corrected chi connectivity index (χ1v) is 10.9. The molecule has 0 aromatic heterocycles. The molecule has 2 aromatic carbocycles.